The van der Waals surface area contributed by atoms with Gasteiger partial charge in [0, 0.05) is 19.3 Å². The van der Waals surface area contributed by atoms with Crippen LogP contribution in [0.15, 0.2) is 29.8 Å². The monoisotopic (exact) mass is 454 g/mol. The lowest BCUT2D eigenvalue weighted by atomic mass is 9.94. The summed E-state index contributed by atoms with van der Waals surface area (Å²) < 4.78 is 7.51. The number of nitrogens with zero attached hydrogens (tertiary/aromatic N) is 4. The molecule has 2 heterocycles. The SMILES string of the molecule is Cc1nn(C)c(C)c1C(O)=C1C(=O)C(=O)N(CCCN(C)C)C1c1cccc(OC(C)C)c1. The van der Waals surface area contributed by atoms with Crippen LogP contribution in [0.4, 0.5) is 0 Å². The first kappa shape index (κ1) is 24.5. The highest BCUT2D eigenvalue weighted by molar-refractivity contribution is 6.46. The summed E-state index contributed by atoms with van der Waals surface area (Å²) in [6.07, 6.45) is 0.677. The van der Waals surface area contributed by atoms with E-state index < -0.39 is 17.7 Å². The van der Waals surface area contributed by atoms with Gasteiger partial charge in [-0.15, -0.1) is 0 Å². The number of ether oxygens (including phenoxy) is 1. The van der Waals surface area contributed by atoms with Crippen molar-refractivity contribution in [3.8, 4) is 5.75 Å². The fraction of sp³-hybridized carbons (Fsp3) is 0.480. The Labute approximate surface area is 195 Å². The van der Waals surface area contributed by atoms with Gasteiger partial charge < -0.3 is 19.6 Å². The Balaban J connectivity index is 2.16. The number of aliphatic hydroxyl groups is 1. The molecular weight excluding hydrogens is 420 g/mol. The molecule has 0 spiro atoms. The lowest BCUT2D eigenvalue weighted by Crippen LogP contribution is -2.32. The van der Waals surface area contributed by atoms with Crippen LogP contribution in [0.25, 0.3) is 5.76 Å². The number of hydrogen-bond acceptors (Lipinski definition) is 6. The largest absolute Gasteiger partial charge is 0.507 e. The fourth-order valence-corrected chi connectivity index (χ4v) is 4.30. The van der Waals surface area contributed by atoms with E-state index in [-0.39, 0.29) is 17.4 Å². The zero-order valence-electron chi connectivity index (χ0n) is 20.5. The van der Waals surface area contributed by atoms with Crippen molar-refractivity contribution in [3.05, 3.63) is 52.4 Å². The number of hydrogen-bond donors (Lipinski definition) is 1. The Bertz CT molecular complexity index is 1080. The number of benzene rings is 1. The van der Waals surface area contributed by atoms with Gasteiger partial charge in [-0.3, -0.25) is 14.3 Å². The number of aromatic nitrogens is 2. The lowest BCUT2D eigenvalue weighted by molar-refractivity contribution is -0.139. The number of ketones is 1. The van der Waals surface area contributed by atoms with Crippen molar-refractivity contribution in [2.45, 2.75) is 46.3 Å². The molecule has 1 aromatic carbocycles. The van der Waals surface area contributed by atoms with Crippen molar-refractivity contribution < 1.29 is 19.4 Å². The molecule has 1 N–H and O–H groups in total. The van der Waals surface area contributed by atoms with Crippen molar-refractivity contribution in [1.29, 1.82) is 0 Å². The molecule has 3 rings (SSSR count). The Kier molecular flexibility index (Phi) is 7.27. The maximum atomic E-state index is 13.2. The van der Waals surface area contributed by atoms with Gasteiger partial charge in [0.15, 0.2) is 0 Å². The molecule has 8 heteroatoms. The molecule has 1 aliphatic heterocycles. The molecule has 1 unspecified atom stereocenters. The fourth-order valence-electron chi connectivity index (χ4n) is 4.30. The third-order valence-corrected chi connectivity index (χ3v) is 5.84. The number of amides is 1. The smallest absolute Gasteiger partial charge is 0.295 e. The maximum Gasteiger partial charge on any atom is 0.295 e. The molecule has 1 atom stereocenters. The Morgan fingerprint density at radius 2 is 1.94 bits per heavy atom. The van der Waals surface area contributed by atoms with Crippen LogP contribution < -0.4 is 4.74 Å². The first-order valence-electron chi connectivity index (χ1n) is 11.2. The van der Waals surface area contributed by atoms with E-state index in [0.29, 0.717) is 30.0 Å². The first-order valence-corrected chi connectivity index (χ1v) is 11.2. The summed E-state index contributed by atoms with van der Waals surface area (Å²) in [5, 5.41) is 15.7. The number of aliphatic hydroxyl groups excluding tert-OH is 1. The standard InChI is InChI=1S/C25H34N4O4/c1-15(2)33-19-11-8-10-18(14-19)22-21(23(30)20-16(3)26-28(7)17(20)4)24(31)25(32)29(22)13-9-12-27(5)6/h8,10-11,14-15,22,30H,9,12-13H2,1-7H3. The minimum absolute atomic E-state index is 0.0209. The second-order valence-electron chi connectivity index (χ2n) is 9.06. The van der Waals surface area contributed by atoms with Gasteiger partial charge in [0.05, 0.1) is 29.0 Å². The summed E-state index contributed by atoms with van der Waals surface area (Å²) in [5.74, 6) is -0.822. The second kappa shape index (κ2) is 9.79. The molecule has 1 aromatic heterocycles. The van der Waals surface area contributed by atoms with Crippen LogP contribution in [0.5, 0.6) is 5.75 Å². The summed E-state index contributed by atoms with van der Waals surface area (Å²) in [4.78, 5) is 29.9. The Morgan fingerprint density at radius 3 is 2.52 bits per heavy atom. The number of rotatable bonds is 8. The van der Waals surface area contributed by atoms with Crippen LogP contribution in [0.1, 0.15) is 48.8 Å². The predicted molar refractivity (Wildman–Crippen MR) is 127 cm³/mol. The van der Waals surface area contributed by atoms with E-state index >= 15 is 0 Å². The zero-order chi connectivity index (χ0) is 24.4. The van der Waals surface area contributed by atoms with Gasteiger partial charge in [0.25, 0.3) is 11.7 Å². The third kappa shape index (κ3) is 4.95. The average Bonchev–Trinajstić information content (AvgIpc) is 3.13. The highest BCUT2D eigenvalue weighted by atomic mass is 16.5. The third-order valence-electron chi connectivity index (χ3n) is 5.84. The minimum Gasteiger partial charge on any atom is -0.507 e. The highest BCUT2D eigenvalue weighted by Gasteiger charge is 2.46. The minimum atomic E-state index is -0.707. The molecule has 0 radical (unpaired) electrons. The van der Waals surface area contributed by atoms with E-state index in [9.17, 15) is 14.7 Å². The summed E-state index contributed by atoms with van der Waals surface area (Å²) in [6.45, 7) is 8.65. The average molecular weight is 455 g/mol. The molecule has 0 aliphatic carbocycles. The van der Waals surface area contributed by atoms with Gasteiger partial charge in [-0.1, -0.05) is 12.1 Å². The quantitative estimate of drug-likeness (QED) is 0.374. The lowest BCUT2D eigenvalue weighted by Gasteiger charge is -2.26. The van der Waals surface area contributed by atoms with Crippen molar-refractivity contribution in [2.75, 3.05) is 27.2 Å². The van der Waals surface area contributed by atoms with Gasteiger partial charge in [-0.05, 0) is 72.5 Å². The molecule has 33 heavy (non-hydrogen) atoms. The summed E-state index contributed by atoms with van der Waals surface area (Å²) in [5.41, 5.74) is 2.62. The predicted octanol–water partition coefficient (Wildman–Crippen LogP) is 3.20. The van der Waals surface area contributed by atoms with Gasteiger partial charge in [-0.25, -0.2) is 0 Å². The maximum absolute atomic E-state index is 13.2. The second-order valence-corrected chi connectivity index (χ2v) is 9.06. The van der Waals surface area contributed by atoms with Crippen LogP contribution in [0.2, 0.25) is 0 Å². The molecule has 0 saturated carbocycles. The van der Waals surface area contributed by atoms with E-state index in [1.807, 2.05) is 64.0 Å². The van der Waals surface area contributed by atoms with Crippen LogP contribution >= 0.6 is 0 Å². The molecule has 8 nitrogen and oxygen atoms in total. The van der Waals surface area contributed by atoms with Crippen LogP contribution in [-0.2, 0) is 16.6 Å². The van der Waals surface area contributed by atoms with Crippen LogP contribution in [0.3, 0.4) is 0 Å². The van der Waals surface area contributed by atoms with Crippen molar-refractivity contribution >= 4 is 17.4 Å². The van der Waals surface area contributed by atoms with Crippen LogP contribution in [-0.4, -0.2) is 69.7 Å². The van der Waals surface area contributed by atoms with E-state index in [0.717, 1.165) is 17.8 Å². The summed E-state index contributed by atoms with van der Waals surface area (Å²) in [7, 11) is 5.71. The van der Waals surface area contributed by atoms with Gasteiger partial charge in [0.2, 0.25) is 0 Å². The van der Waals surface area contributed by atoms with Crippen LogP contribution in [0, 0.1) is 13.8 Å². The van der Waals surface area contributed by atoms with E-state index in [2.05, 4.69) is 5.10 Å². The molecule has 2 aromatic rings. The highest BCUT2D eigenvalue weighted by Crippen LogP contribution is 2.41. The Morgan fingerprint density at radius 1 is 1.24 bits per heavy atom. The molecule has 178 valence electrons. The zero-order valence-corrected chi connectivity index (χ0v) is 20.5. The van der Waals surface area contributed by atoms with E-state index in [1.165, 1.54) is 0 Å². The molecule has 1 amide bonds. The first-order chi connectivity index (χ1) is 15.5. The number of carbonyl (C=O) groups excluding carboxylic acids is 2. The molecule has 1 aliphatic rings. The van der Waals surface area contributed by atoms with Crippen molar-refractivity contribution in [3.63, 3.8) is 0 Å². The number of carbonyl (C=O) groups is 2. The number of likely N-dealkylation sites (tertiary alicyclic amines) is 1. The molecule has 0 bridgehead atoms. The number of Topliss-reactive ketones (excluding diaryl/α,β-unsaturated/α-hetero) is 1. The summed E-state index contributed by atoms with van der Waals surface area (Å²) >= 11 is 0. The van der Waals surface area contributed by atoms with Gasteiger partial charge >= 0.3 is 0 Å². The molecular formula is C25H34N4O4. The number of aryl methyl sites for hydroxylation is 2. The normalized spacial score (nSPS) is 18.1. The van der Waals surface area contributed by atoms with Crippen molar-refractivity contribution in [1.82, 2.24) is 19.6 Å². The van der Waals surface area contributed by atoms with Crippen molar-refractivity contribution in [2.24, 2.45) is 7.05 Å². The Hall–Kier alpha value is -3.13. The molecule has 1 fully saturated rings. The van der Waals surface area contributed by atoms with E-state index in [4.69, 9.17) is 4.74 Å². The van der Waals surface area contributed by atoms with E-state index in [1.54, 1.807) is 23.6 Å². The topological polar surface area (TPSA) is 87.9 Å². The van der Waals surface area contributed by atoms with Gasteiger partial charge in [0.1, 0.15) is 11.5 Å². The van der Waals surface area contributed by atoms with Gasteiger partial charge in [-0.2, -0.15) is 5.10 Å². The molecule has 1 saturated heterocycles. The summed E-state index contributed by atoms with van der Waals surface area (Å²) in [6, 6.07) is 6.68.